The first kappa shape index (κ1) is 17.9. The lowest BCUT2D eigenvalue weighted by molar-refractivity contribution is -0.122. The van der Waals surface area contributed by atoms with Gasteiger partial charge in [-0.15, -0.1) is 0 Å². The minimum Gasteiger partial charge on any atom is -0.434 e. The third-order valence-electron chi connectivity index (χ3n) is 3.61. The third kappa shape index (κ3) is 5.03. The van der Waals surface area contributed by atoms with Crippen molar-refractivity contribution in [2.45, 2.75) is 32.0 Å². The second kappa shape index (κ2) is 8.40. The van der Waals surface area contributed by atoms with E-state index in [4.69, 9.17) is 5.73 Å². The molecule has 2 unspecified atom stereocenters. The van der Waals surface area contributed by atoms with E-state index in [9.17, 15) is 13.6 Å². The molecule has 0 heterocycles. The molecule has 0 aromatic heterocycles. The van der Waals surface area contributed by atoms with Gasteiger partial charge in [0.25, 0.3) is 0 Å². The molecule has 0 fully saturated rings. The fourth-order valence-electron chi connectivity index (χ4n) is 2.44. The first-order chi connectivity index (χ1) is 11.5. The number of nitrogens with one attached hydrogen (secondary N) is 1. The van der Waals surface area contributed by atoms with E-state index in [-0.39, 0.29) is 18.1 Å². The molecule has 6 heteroatoms. The summed E-state index contributed by atoms with van der Waals surface area (Å²) >= 11 is 0. The van der Waals surface area contributed by atoms with Crippen LogP contribution in [0.25, 0.3) is 0 Å². The van der Waals surface area contributed by atoms with E-state index in [1.165, 1.54) is 6.07 Å². The van der Waals surface area contributed by atoms with Crippen LogP contribution in [-0.2, 0) is 4.79 Å². The topological polar surface area (TPSA) is 64.4 Å². The second-order valence-corrected chi connectivity index (χ2v) is 5.43. The lowest BCUT2D eigenvalue weighted by Gasteiger charge is -2.19. The van der Waals surface area contributed by atoms with Gasteiger partial charge in [-0.25, -0.2) is 0 Å². The van der Waals surface area contributed by atoms with Gasteiger partial charge in [0.2, 0.25) is 5.91 Å². The van der Waals surface area contributed by atoms with Gasteiger partial charge >= 0.3 is 6.61 Å². The van der Waals surface area contributed by atoms with Crippen LogP contribution >= 0.6 is 0 Å². The Morgan fingerprint density at radius 3 is 2.42 bits per heavy atom. The molecule has 2 aromatic rings. The molecule has 128 valence electrons. The van der Waals surface area contributed by atoms with E-state index in [2.05, 4.69) is 10.1 Å². The first-order valence-corrected chi connectivity index (χ1v) is 7.61. The molecule has 2 atom stereocenters. The molecule has 0 saturated heterocycles. The van der Waals surface area contributed by atoms with Gasteiger partial charge in [-0.2, -0.15) is 8.78 Å². The minimum absolute atomic E-state index is 0.0488. The molecule has 0 radical (unpaired) electrons. The van der Waals surface area contributed by atoms with E-state index in [0.29, 0.717) is 5.56 Å². The van der Waals surface area contributed by atoms with Crippen LogP contribution in [0.3, 0.4) is 0 Å². The molecule has 4 nitrogen and oxygen atoms in total. The molecule has 0 aliphatic rings. The maximum atomic E-state index is 12.5. The maximum Gasteiger partial charge on any atom is 0.387 e. The smallest absolute Gasteiger partial charge is 0.387 e. The highest BCUT2D eigenvalue weighted by atomic mass is 19.3. The highest BCUT2D eigenvalue weighted by Gasteiger charge is 2.18. The molecule has 2 aromatic carbocycles. The predicted octanol–water partition coefficient (Wildman–Crippen LogP) is 3.56. The van der Waals surface area contributed by atoms with Crippen LogP contribution < -0.4 is 15.8 Å². The summed E-state index contributed by atoms with van der Waals surface area (Å²) in [6.07, 6.45) is 0.103. The van der Waals surface area contributed by atoms with Gasteiger partial charge < -0.3 is 15.8 Å². The number of halogens is 2. The van der Waals surface area contributed by atoms with Crippen molar-refractivity contribution in [3.8, 4) is 5.75 Å². The van der Waals surface area contributed by atoms with Gasteiger partial charge in [-0.05, 0) is 18.6 Å². The number of amides is 1. The Labute approximate surface area is 139 Å². The molecule has 2 rings (SSSR count). The van der Waals surface area contributed by atoms with E-state index in [0.717, 1.165) is 5.56 Å². The zero-order valence-electron chi connectivity index (χ0n) is 13.3. The molecule has 1 amide bonds. The number of nitrogens with two attached hydrogens (primary N) is 1. The van der Waals surface area contributed by atoms with E-state index in [1.807, 2.05) is 30.3 Å². The summed E-state index contributed by atoms with van der Waals surface area (Å²) in [6, 6.07) is 14.8. The predicted molar refractivity (Wildman–Crippen MR) is 87.6 cm³/mol. The SMILES string of the molecule is CC(NC(=O)CC(N)c1ccccc1)c1ccccc1OC(F)F. The quantitative estimate of drug-likeness (QED) is 0.814. The Morgan fingerprint density at radius 2 is 1.75 bits per heavy atom. The normalized spacial score (nSPS) is 13.4. The van der Waals surface area contributed by atoms with E-state index >= 15 is 0 Å². The number of rotatable bonds is 7. The van der Waals surface area contributed by atoms with Gasteiger partial charge in [0.15, 0.2) is 0 Å². The Hall–Kier alpha value is -2.47. The molecule has 3 N–H and O–H groups in total. The Kier molecular flexibility index (Phi) is 6.26. The lowest BCUT2D eigenvalue weighted by atomic mass is 10.0. The fraction of sp³-hybridized carbons (Fsp3) is 0.278. The van der Waals surface area contributed by atoms with Crippen LogP contribution in [-0.4, -0.2) is 12.5 Å². The lowest BCUT2D eigenvalue weighted by Crippen LogP contribution is -2.30. The number of ether oxygens (including phenoxy) is 1. The number of hydrogen-bond donors (Lipinski definition) is 2. The summed E-state index contributed by atoms with van der Waals surface area (Å²) < 4.78 is 29.4. The Morgan fingerprint density at radius 1 is 1.12 bits per heavy atom. The van der Waals surface area contributed by atoms with Gasteiger partial charge in [-0.3, -0.25) is 4.79 Å². The van der Waals surface area contributed by atoms with Crippen molar-refractivity contribution in [1.29, 1.82) is 0 Å². The average molecular weight is 334 g/mol. The molecular formula is C18H20F2N2O2. The van der Waals surface area contributed by atoms with Gasteiger partial charge in [0.05, 0.1) is 6.04 Å². The van der Waals surface area contributed by atoms with Crippen LogP contribution in [0.1, 0.15) is 36.6 Å². The number of benzene rings is 2. The van der Waals surface area contributed by atoms with Crippen molar-refractivity contribution in [3.05, 3.63) is 65.7 Å². The van der Waals surface area contributed by atoms with Crippen LogP contribution in [0.4, 0.5) is 8.78 Å². The Bertz CT molecular complexity index is 665. The molecule has 0 saturated carbocycles. The fourth-order valence-corrected chi connectivity index (χ4v) is 2.44. The highest BCUT2D eigenvalue weighted by molar-refractivity contribution is 5.77. The van der Waals surface area contributed by atoms with Gasteiger partial charge in [0, 0.05) is 18.0 Å². The number of para-hydroxylation sites is 1. The summed E-state index contributed by atoms with van der Waals surface area (Å²) in [4.78, 5) is 12.2. The van der Waals surface area contributed by atoms with Crippen LogP contribution in [0.15, 0.2) is 54.6 Å². The standard InChI is InChI=1S/C18H20F2N2O2/c1-12(14-9-5-6-10-16(14)24-18(19)20)22-17(23)11-15(21)13-7-3-2-4-8-13/h2-10,12,15,18H,11,21H2,1H3,(H,22,23). The monoisotopic (exact) mass is 334 g/mol. The molecule has 24 heavy (non-hydrogen) atoms. The minimum atomic E-state index is -2.92. The highest BCUT2D eigenvalue weighted by Crippen LogP contribution is 2.26. The number of carbonyl (C=O) groups excluding carboxylic acids is 1. The zero-order chi connectivity index (χ0) is 17.5. The van der Waals surface area contributed by atoms with Crippen LogP contribution in [0, 0.1) is 0 Å². The number of carbonyl (C=O) groups is 1. The molecule has 0 bridgehead atoms. The summed E-state index contributed by atoms with van der Waals surface area (Å²) in [6.45, 7) is -1.21. The van der Waals surface area contributed by atoms with Crippen molar-refractivity contribution in [2.24, 2.45) is 5.73 Å². The first-order valence-electron chi connectivity index (χ1n) is 7.61. The zero-order valence-corrected chi connectivity index (χ0v) is 13.3. The second-order valence-electron chi connectivity index (χ2n) is 5.43. The van der Waals surface area contributed by atoms with Crippen molar-refractivity contribution >= 4 is 5.91 Å². The maximum absolute atomic E-state index is 12.5. The van der Waals surface area contributed by atoms with Crippen molar-refractivity contribution < 1.29 is 18.3 Å². The van der Waals surface area contributed by atoms with E-state index in [1.54, 1.807) is 25.1 Å². The van der Waals surface area contributed by atoms with E-state index < -0.39 is 18.7 Å². The van der Waals surface area contributed by atoms with Crippen molar-refractivity contribution in [2.75, 3.05) is 0 Å². The summed E-state index contributed by atoms with van der Waals surface area (Å²) in [7, 11) is 0. The number of hydrogen-bond acceptors (Lipinski definition) is 3. The molecular weight excluding hydrogens is 314 g/mol. The summed E-state index contributed by atoms with van der Waals surface area (Å²) in [5.74, 6) is -0.210. The van der Waals surface area contributed by atoms with Gasteiger partial charge in [-0.1, -0.05) is 48.5 Å². The van der Waals surface area contributed by atoms with Crippen LogP contribution in [0.5, 0.6) is 5.75 Å². The molecule has 0 aliphatic heterocycles. The number of alkyl halides is 2. The summed E-state index contributed by atoms with van der Waals surface area (Å²) in [5.41, 5.74) is 7.37. The molecule has 0 aliphatic carbocycles. The Balaban J connectivity index is 1.99. The third-order valence-corrected chi connectivity index (χ3v) is 3.61. The van der Waals surface area contributed by atoms with Crippen molar-refractivity contribution in [3.63, 3.8) is 0 Å². The van der Waals surface area contributed by atoms with Crippen LogP contribution in [0.2, 0.25) is 0 Å². The summed E-state index contributed by atoms with van der Waals surface area (Å²) in [5, 5.41) is 2.77. The van der Waals surface area contributed by atoms with Crippen molar-refractivity contribution in [1.82, 2.24) is 5.32 Å². The average Bonchev–Trinajstić information content (AvgIpc) is 2.55. The van der Waals surface area contributed by atoms with Gasteiger partial charge in [0.1, 0.15) is 5.75 Å². The largest absolute Gasteiger partial charge is 0.434 e. The molecule has 0 spiro atoms.